The minimum Gasteiger partial charge on any atom is -0.465 e. The van der Waals surface area contributed by atoms with Crippen LogP contribution < -0.4 is 0 Å². The van der Waals surface area contributed by atoms with Gasteiger partial charge in [0.25, 0.3) is 0 Å². The molecule has 0 atom stereocenters. The predicted molar refractivity (Wildman–Crippen MR) is 73.4 cm³/mol. The first-order valence-electron chi connectivity index (χ1n) is 6.89. The minimum atomic E-state index is -1.80. The Balaban J connectivity index is 5.39. The Bertz CT molecular complexity index is 344. The van der Waals surface area contributed by atoms with E-state index >= 15 is 0 Å². The monoisotopic (exact) mass is 304 g/mol. The molecule has 122 valence electrons. The molecule has 7 heteroatoms. The van der Waals surface area contributed by atoms with Gasteiger partial charge in [0, 0.05) is 6.92 Å². The summed E-state index contributed by atoms with van der Waals surface area (Å²) >= 11 is 0. The van der Waals surface area contributed by atoms with Crippen LogP contribution in [0.1, 0.15) is 34.6 Å². The maximum atomic E-state index is 12.2. The lowest BCUT2D eigenvalue weighted by atomic mass is 9.90. The van der Waals surface area contributed by atoms with Crippen molar-refractivity contribution in [2.24, 2.45) is 5.41 Å². The van der Waals surface area contributed by atoms with Crippen molar-refractivity contribution in [2.75, 3.05) is 26.4 Å². The Morgan fingerprint density at radius 2 is 1.38 bits per heavy atom. The maximum Gasteiger partial charge on any atom is 0.329 e. The molecule has 0 aliphatic rings. The number of ether oxygens (including phenoxy) is 4. The second kappa shape index (κ2) is 9.33. The molecule has 0 aliphatic carbocycles. The average molecular weight is 304 g/mol. The standard InChI is InChI=1S/C14H24O7/c1-6-18-12(16)14(8-20-10(3)4,9-21-11(5)15)13(17)19-7-2/h10H,6-9H2,1-5H3. The van der Waals surface area contributed by atoms with Crippen LogP contribution in [0.5, 0.6) is 0 Å². The molecule has 0 spiro atoms. The summed E-state index contributed by atoms with van der Waals surface area (Å²) in [5.41, 5.74) is -1.80. The van der Waals surface area contributed by atoms with Crippen LogP contribution in [0.3, 0.4) is 0 Å². The van der Waals surface area contributed by atoms with Gasteiger partial charge in [-0.25, -0.2) is 0 Å². The first-order valence-corrected chi connectivity index (χ1v) is 6.89. The van der Waals surface area contributed by atoms with E-state index in [4.69, 9.17) is 18.9 Å². The van der Waals surface area contributed by atoms with E-state index in [-0.39, 0.29) is 25.9 Å². The van der Waals surface area contributed by atoms with Gasteiger partial charge in [0.05, 0.1) is 25.9 Å². The van der Waals surface area contributed by atoms with Crippen molar-refractivity contribution < 1.29 is 33.3 Å². The molecule has 0 unspecified atom stereocenters. The number of hydrogen-bond acceptors (Lipinski definition) is 7. The second-order valence-corrected chi connectivity index (χ2v) is 4.66. The van der Waals surface area contributed by atoms with Crippen molar-refractivity contribution in [3.05, 3.63) is 0 Å². The lowest BCUT2D eigenvalue weighted by Gasteiger charge is -2.28. The van der Waals surface area contributed by atoms with Crippen molar-refractivity contribution in [1.29, 1.82) is 0 Å². The third-order valence-electron chi connectivity index (χ3n) is 2.52. The van der Waals surface area contributed by atoms with Crippen LogP contribution in [0.4, 0.5) is 0 Å². The largest absolute Gasteiger partial charge is 0.465 e. The fourth-order valence-electron chi connectivity index (χ4n) is 1.43. The fourth-order valence-corrected chi connectivity index (χ4v) is 1.43. The Morgan fingerprint density at radius 3 is 1.71 bits per heavy atom. The molecule has 0 radical (unpaired) electrons. The number of carbonyl (C=O) groups is 3. The van der Waals surface area contributed by atoms with Crippen LogP contribution >= 0.6 is 0 Å². The molecule has 0 amide bonds. The molecule has 0 aromatic heterocycles. The quantitative estimate of drug-likeness (QED) is 0.358. The second-order valence-electron chi connectivity index (χ2n) is 4.66. The number of carbonyl (C=O) groups excluding carboxylic acids is 3. The highest BCUT2D eigenvalue weighted by Gasteiger charge is 2.51. The molecule has 0 rings (SSSR count). The van der Waals surface area contributed by atoms with Crippen LogP contribution in [0, 0.1) is 5.41 Å². The summed E-state index contributed by atoms with van der Waals surface area (Å²) in [6.07, 6.45) is -0.217. The van der Waals surface area contributed by atoms with Gasteiger partial charge in [-0.2, -0.15) is 0 Å². The molecule has 21 heavy (non-hydrogen) atoms. The van der Waals surface area contributed by atoms with Gasteiger partial charge in [-0.05, 0) is 27.7 Å². The molecule has 0 aromatic rings. The van der Waals surface area contributed by atoms with E-state index in [1.165, 1.54) is 6.92 Å². The molecular weight excluding hydrogens is 280 g/mol. The summed E-state index contributed by atoms with van der Waals surface area (Å²) in [6.45, 7) is 7.34. The SMILES string of the molecule is CCOC(=O)C(COC(C)=O)(COC(C)C)C(=O)OCC. The van der Waals surface area contributed by atoms with E-state index < -0.39 is 29.9 Å². The number of esters is 3. The average Bonchev–Trinajstić information content (AvgIpc) is 2.39. The zero-order chi connectivity index (χ0) is 16.5. The van der Waals surface area contributed by atoms with Crippen molar-refractivity contribution in [1.82, 2.24) is 0 Å². The van der Waals surface area contributed by atoms with Gasteiger partial charge in [-0.1, -0.05) is 0 Å². The van der Waals surface area contributed by atoms with Gasteiger partial charge >= 0.3 is 17.9 Å². The van der Waals surface area contributed by atoms with E-state index in [0.717, 1.165) is 0 Å². The zero-order valence-electron chi connectivity index (χ0n) is 13.3. The Kier molecular flexibility index (Phi) is 8.61. The predicted octanol–water partition coefficient (Wildman–Crippen LogP) is 1.09. The molecule has 0 aromatic carbocycles. The highest BCUT2D eigenvalue weighted by atomic mass is 16.6. The van der Waals surface area contributed by atoms with E-state index in [1.54, 1.807) is 27.7 Å². The summed E-state index contributed by atoms with van der Waals surface area (Å²) in [5.74, 6) is -2.27. The summed E-state index contributed by atoms with van der Waals surface area (Å²) in [7, 11) is 0. The third-order valence-corrected chi connectivity index (χ3v) is 2.52. The van der Waals surface area contributed by atoms with E-state index in [9.17, 15) is 14.4 Å². The van der Waals surface area contributed by atoms with Crippen molar-refractivity contribution in [3.63, 3.8) is 0 Å². The Hall–Kier alpha value is -1.63. The van der Waals surface area contributed by atoms with Crippen LogP contribution in [0.15, 0.2) is 0 Å². The minimum absolute atomic E-state index is 0.0851. The van der Waals surface area contributed by atoms with Crippen LogP contribution in [0.25, 0.3) is 0 Å². The van der Waals surface area contributed by atoms with Crippen molar-refractivity contribution >= 4 is 17.9 Å². The first-order chi connectivity index (χ1) is 9.80. The zero-order valence-corrected chi connectivity index (χ0v) is 13.3. The molecule has 7 nitrogen and oxygen atoms in total. The van der Waals surface area contributed by atoms with Gasteiger partial charge < -0.3 is 18.9 Å². The highest BCUT2D eigenvalue weighted by molar-refractivity contribution is 6.00. The van der Waals surface area contributed by atoms with E-state index in [2.05, 4.69) is 0 Å². The summed E-state index contributed by atoms with van der Waals surface area (Å²) < 4.78 is 20.1. The summed E-state index contributed by atoms with van der Waals surface area (Å²) in [4.78, 5) is 35.4. The van der Waals surface area contributed by atoms with Crippen LogP contribution in [-0.2, 0) is 33.3 Å². The number of rotatable bonds is 9. The molecule has 0 bridgehead atoms. The smallest absolute Gasteiger partial charge is 0.329 e. The van der Waals surface area contributed by atoms with E-state index in [0.29, 0.717) is 0 Å². The van der Waals surface area contributed by atoms with Crippen LogP contribution in [0.2, 0.25) is 0 Å². The van der Waals surface area contributed by atoms with Gasteiger partial charge in [-0.15, -0.1) is 0 Å². The maximum absolute atomic E-state index is 12.2. The van der Waals surface area contributed by atoms with Gasteiger partial charge in [0.1, 0.15) is 6.61 Å². The molecule has 0 saturated heterocycles. The number of hydrogen-bond donors (Lipinski definition) is 0. The van der Waals surface area contributed by atoms with Crippen molar-refractivity contribution in [3.8, 4) is 0 Å². The third kappa shape index (κ3) is 6.12. The lowest BCUT2D eigenvalue weighted by molar-refractivity contribution is -0.184. The summed E-state index contributed by atoms with van der Waals surface area (Å²) in [5, 5.41) is 0. The topological polar surface area (TPSA) is 88.1 Å². The van der Waals surface area contributed by atoms with Gasteiger partial charge in [0.2, 0.25) is 5.41 Å². The lowest BCUT2D eigenvalue weighted by Crippen LogP contribution is -2.50. The highest BCUT2D eigenvalue weighted by Crippen LogP contribution is 2.24. The van der Waals surface area contributed by atoms with Gasteiger partial charge in [-0.3, -0.25) is 14.4 Å². The van der Waals surface area contributed by atoms with E-state index in [1.807, 2.05) is 0 Å². The van der Waals surface area contributed by atoms with Crippen LogP contribution in [-0.4, -0.2) is 50.4 Å². The molecule has 0 heterocycles. The van der Waals surface area contributed by atoms with Crippen molar-refractivity contribution in [2.45, 2.75) is 40.7 Å². The van der Waals surface area contributed by atoms with Gasteiger partial charge in [0.15, 0.2) is 0 Å². The Morgan fingerprint density at radius 1 is 0.905 bits per heavy atom. The molecular formula is C14H24O7. The Labute approximate surface area is 124 Å². The molecule has 0 fully saturated rings. The molecule has 0 saturated carbocycles. The first kappa shape index (κ1) is 19.4. The normalized spacial score (nSPS) is 11.1. The molecule has 0 N–H and O–H groups in total. The fraction of sp³-hybridized carbons (Fsp3) is 0.786. The summed E-state index contributed by atoms with van der Waals surface area (Å²) in [6, 6.07) is 0. The molecule has 0 aliphatic heterocycles.